The minimum Gasteiger partial charge on any atom is -0.490 e. The molecule has 0 radical (unpaired) electrons. The fourth-order valence-corrected chi connectivity index (χ4v) is 6.39. The molecule has 0 saturated heterocycles. The molecule has 4 rings (SSSR count). The Balaban J connectivity index is 1.55. The zero-order chi connectivity index (χ0) is 36.4. The zero-order valence-electron chi connectivity index (χ0n) is 29.4. The number of likely N-dealkylation sites (N-methyl/N-ethyl adjacent to an activating group) is 1. The lowest BCUT2D eigenvalue weighted by Gasteiger charge is -2.35. The number of hydrogen-bond acceptors (Lipinski definition) is 6. The van der Waals surface area contributed by atoms with Crippen LogP contribution in [0.3, 0.4) is 0 Å². The molecule has 10 nitrogen and oxygen atoms in total. The molecule has 276 valence electrons. The van der Waals surface area contributed by atoms with Crippen molar-refractivity contribution >= 4 is 29.2 Å². The Kier molecular flexibility index (Phi) is 13.9. The van der Waals surface area contributed by atoms with Gasteiger partial charge in [0, 0.05) is 50.0 Å². The first-order chi connectivity index (χ1) is 23.8. The van der Waals surface area contributed by atoms with Gasteiger partial charge in [-0.25, -0.2) is 4.79 Å². The van der Waals surface area contributed by atoms with Gasteiger partial charge in [-0.2, -0.15) is 13.2 Å². The average Bonchev–Trinajstić information content (AvgIpc) is 3.09. The number of halogens is 3. The summed E-state index contributed by atoms with van der Waals surface area (Å²) < 4.78 is 51.6. The molecule has 0 bridgehead atoms. The summed E-state index contributed by atoms with van der Waals surface area (Å²) in [5.41, 5.74) is 0.170. The highest BCUT2D eigenvalue weighted by Crippen LogP contribution is 2.31. The summed E-state index contributed by atoms with van der Waals surface area (Å²) in [6.07, 6.45) is 1.84. The number of ether oxygens (including phenoxy) is 2. The Labute approximate surface area is 292 Å². The molecule has 1 saturated carbocycles. The van der Waals surface area contributed by atoms with Gasteiger partial charge in [0.1, 0.15) is 5.75 Å². The maximum atomic E-state index is 14.4. The molecule has 1 aliphatic carbocycles. The Bertz CT molecular complexity index is 1430. The SMILES string of the molecule is C[C@@H]1CCCCO[C@H](CN(C)C(=O)Nc2ccc(C(F)(F)F)cc2)[C@@H](C)CN([C@H](C)CO)C(=O)c2cc(NC(=O)C3CCCCC3)ccc2O1. The molecule has 13 heteroatoms. The lowest BCUT2D eigenvalue weighted by molar-refractivity contribution is -0.137. The molecule has 50 heavy (non-hydrogen) atoms. The summed E-state index contributed by atoms with van der Waals surface area (Å²) in [6.45, 7) is 5.99. The van der Waals surface area contributed by atoms with E-state index in [0.29, 0.717) is 24.5 Å². The van der Waals surface area contributed by atoms with Gasteiger partial charge in [0.15, 0.2) is 0 Å². The fraction of sp³-hybridized carbons (Fsp3) is 0.595. The molecular weight excluding hydrogens is 653 g/mol. The highest BCUT2D eigenvalue weighted by atomic mass is 19.4. The average molecular weight is 705 g/mol. The zero-order valence-corrected chi connectivity index (χ0v) is 29.4. The molecule has 3 N–H and O–H groups in total. The van der Waals surface area contributed by atoms with E-state index in [-0.39, 0.29) is 60.7 Å². The third kappa shape index (κ3) is 10.8. The number of anilines is 2. The number of benzene rings is 2. The van der Waals surface area contributed by atoms with E-state index < -0.39 is 29.9 Å². The number of carbonyl (C=O) groups is 3. The van der Waals surface area contributed by atoms with Crippen molar-refractivity contribution < 1.29 is 42.1 Å². The monoisotopic (exact) mass is 704 g/mol. The van der Waals surface area contributed by atoms with E-state index in [2.05, 4.69) is 10.6 Å². The first-order valence-corrected chi connectivity index (χ1v) is 17.6. The van der Waals surface area contributed by atoms with E-state index in [9.17, 15) is 32.7 Å². The maximum Gasteiger partial charge on any atom is 0.416 e. The summed E-state index contributed by atoms with van der Waals surface area (Å²) in [5.74, 6) is -0.421. The van der Waals surface area contributed by atoms with Crippen molar-refractivity contribution in [3.05, 3.63) is 53.6 Å². The number of rotatable bonds is 7. The summed E-state index contributed by atoms with van der Waals surface area (Å²) >= 11 is 0. The molecular formula is C37H51F3N4O6. The van der Waals surface area contributed by atoms with E-state index in [4.69, 9.17) is 9.47 Å². The number of urea groups is 1. The standard InChI is InChI=1S/C37H51F3N4O6/c1-24-21-44(25(2)23-45)35(47)31-20-30(41-34(46)27-11-6-5-7-12-27)17-18-32(31)50-26(3)10-8-9-19-49-33(24)22-43(4)36(48)42-29-15-13-28(14-16-29)37(38,39)40/h13-18,20,24-27,33,45H,5-12,19,21-23H2,1-4H3,(H,41,46)(H,42,48)/t24-,25+,26+,33+/m0/s1. The van der Waals surface area contributed by atoms with Gasteiger partial charge in [-0.3, -0.25) is 9.59 Å². The topological polar surface area (TPSA) is 120 Å². The van der Waals surface area contributed by atoms with Gasteiger partial charge in [0.25, 0.3) is 5.91 Å². The van der Waals surface area contributed by atoms with E-state index in [1.807, 2.05) is 13.8 Å². The lowest BCUT2D eigenvalue weighted by Crippen LogP contribution is -2.48. The number of carbonyl (C=O) groups excluding carboxylic acids is 3. The Morgan fingerprint density at radius 2 is 1.64 bits per heavy atom. The van der Waals surface area contributed by atoms with Crippen LogP contribution in [0.4, 0.5) is 29.3 Å². The minimum atomic E-state index is -4.48. The number of nitrogens with zero attached hydrogens (tertiary/aromatic N) is 2. The third-order valence-corrected chi connectivity index (χ3v) is 9.56. The van der Waals surface area contributed by atoms with Crippen molar-refractivity contribution in [2.45, 2.75) is 96.6 Å². The van der Waals surface area contributed by atoms with Crippen LogP contribution in [-0.2, 0) is 15.7 Å². The molecule has 4 amide bonds. The molecule has 1 heterocycles. The van der Waals surface area contributed by atoms with Gasteiger partial charge in [0.05, 0.1) is 36.0 Å². The van der Waals surface area contributed by atoms with Crippen molar-refractivity contribution in [3.8, 4) is 5.75 Å². The van der Waals surface area contributed by atoms with E-state index in [1.54, 1.807) is 37.1 Å². The van der Waals surface area contributed by atoms with Crippen molar-refractivity contribution in [2.75, 3.05) is 44.0 Å². The summed E-state index contributed by atoms with van der Waals surface area (Å²) in [5, 5.41) is 15.9. The van der Waals surface area contributed by atoms with Crippen LogP contribution in [0.15, 0.2) is 42.5 Å². The lowest BCUT2D eigenvalue weighted by atomic mass is 9.88. The van der Waals surface area contributed by atoms with Gasteiger partial charge in [-0.15, -0.1) is 0 Å². The predicted molar refractivity (Wildman–Crippen MR) is 185 cm³/mol. The van der Waals surface area contributed by atoms with Crippen molar-refractivity contribution in [2.24, 2.45) is 11.8 Å². The van der Waals surface area contributed by atoms with Crippen LogP contribution in [0.2, 0.25) is 0 Å². The van der Waals surface area contributed by atoms with Crippen molar-refractivity contribution in [1.29, 1.82) is 0 Å². The quantitative estimate of drug-likeness (QED) is 0.281. The normalized spacial score (nSPS) is 22.0. The highest BCUT2D eigenvalue weighted by Gasteiger charge is 2.32. The fourth-order valence-electron chi connectivity index (χ4n) is 6.39. The van der Waals surface area contributed by atoms with Gasteiger partial charge in [-0.05, 0) is 88.4 Å². The van der Waals surface area contributed by atoms with Crippen LogP contribution in [-0.4, -0.2) is 84.4 Å². The van der Waals surface area contributed by atoms with Crippen LogP contribution in [0, 0.1) is 11.8 Å². The van der Waals surface area contributed by atoms with Gasteiger partial charge >= 0.3 is 12.2 Å². The molecule has 0 unspecified atom stereocenters. The minimum absolute atomic E-state index is 0.0621. The van der Waals surface area contributed by atoms with Crippen LogP contribution in [0.5, 0.6) is 5.75 Å². The Morgan fingerprint density at radius 1 is 0.980 bits per heavy atom. The molecule has 0 spiro atoms. The molecule has 2 aromatic rings. The molecule has 1 aliphatic heterocycles. The van der Waals surface area contributed by atoms with Gasteiger partial charge in [0.2, 0.25) is 5.91 Å². The van der Waals surface area contributed by atoms with Crippen LogP contribution in [0.1, 0.15) is 88.1 Å². The Morgan fingerprint density at radius 3 is 2.30 bits per heavy atom. The number of aliphatic hydroxyl groups is 1. The van der Waals surface area contributed by atoms with Gasteiger partial charge in [-0.1, -0.05) is 26.2 Å². The maximum absolute atomic E-state index is 14.4. The molecule has 1 fully saturated rings. The number of fused-ring (bicyclic) bond motifs is 1. The van der Waals surface area contributed by atoms with Crippen LogP contribution < -0.4 is 15.4 Å². The first-order valence-electron chi connectivity index (χ1n) is 17.6. The van der Waals surface area contributed by atoms with E-state index >= 15 is 0 Å². The first kappa shape index (κ1) is 39.0. The second-order valence-corrected chi connectivity index (χ2v) is 13.7. The number of amides is 4. The highest BCUT2D eigenvalue weighted by molar-refractivity contribution is 6.00. The summed E-state index contributed by atoms with van der Waals surface area (Å²) in [6, 6.07) is 8.22. The second kappa shape index (κ2) is 17.9. The van der Waals surface area contributed by atoms with Crippen LogP contribution in [0.25, 0.3) is 0 Å². The second-order valence-electron chi connectivity index (χ2n) is 13.7. The third-order valence-electron chi connectivity index (χ3n) is 9.56. The predicted octanol–water partition coefficient (Wildman–Crippen LogP) is 7.18. The van der Waals surface area contributed by atoms with Crippen molar-refractivity contribution in [3.63, 3.8) is 0 Å². The van der Waals surface area contributed by atoms with Crippen LogP contribution >= 0.6 is 0 Å². The largest absolute Gasteiger partial charge is 0.490 e. The molecule has 0 aromatic heterocycles. The number of hydrogen-bond donors (Lipinski definition) is 3. The van der Waals surface area contributed by atoms with E-state index in [0.717, 1.165) is 57.1 Å². The van der Waals surface area contributed by atoms with Crippen molar-refractivity contribution in [1.82, 2.24) is 9.80 Å². The van der Waals surface area contributed by atoms with E-state index in [1.165, 1.54) is 17.0 Å². The molecule has 2 aromatic carbocycles. The Hall–Kier alpha value is -3.84. The van der Waals surface area contributed by atoms with Gasteiger partial charge < -0.3 is 35.0 Å². The summed E-state index contributed by atoms with van der Waals surface area (Å²) in [7, 11) is 1.57. The summed E-state index contributed by atoms with van der Waals surface area (Å²) in [4.78, 5) is 43.5. The molecule has 4 atom stereocenters. The molecule has 2 aliphatic rings. The smallest absolute Gasteiger partial charge is 0.416 e. The number of alkyl halides is 3. The number of nitrogens with one attached hydrogen (secondary N) is 2. The number of aliphatic hydroxyl groups excluding tert-OH is 1.